The lowest BCUT2D eigenvalue weighted by Gasteiger charge is -2.39. The standard InChI is InChI=1S/C22H31N3O2/c1-20(2,3)16-8-7-9-17(12-16)22(24-19(26)27-21(4,5)6)11-10-18-15(13-22)14-23-25-18/h7-9,12,14H,10-11,13H2,1-6H3,(H,23,25)(H,24,26). The Morgan fingerprint density at radius 3 is 2.63 bits per heavy atom. The van der Waals surface area contributed by atoms with Crippen molar-refractivity contribution < 1.29 is 9.53 Å². The van der Waals surface area contributed by atoms with Crippen LogP contribution >= 0.6 is 0 Å². The molecule has 0 saturated heterocycles. The highest BCUT2D eigenvalue weighted by molar-refractivity contribution is 5.69. The second-order valence-electron chi connectivity index (χ2n) is 9.59. The van der Waals surface area contributed by atoms with Gasteiger partial charge in [-0.1, -0.05) is 45.0 Å². The van der Waals surface area contributed by atoms with Crippen LogP contribution in [0, 0.1) is 0 Å². The third-order valence-electron chi connectivity index (χ3n) is 5.12. The largest absolute Gasteiger partial charge is 0.444 e. The van der Waals surface area contributed by atoms with Gasteiger partial charge in [0.1, 0.15) is 5.60 Å². The number of carbonyl (C=O) groups is 1. The van der Waals surface area contributed by atoms with Crippen LogP contribution in [0.15, 0.2) is 30.5 Å². The van der Waals surface area contributed by atoms with Gasteiger partial charge >= 0.3 is 6.09 Å². The first-order valence-corrected chi connectivity index (χ1v) is 9.62. The molecule has 1 heterocycles. The molecule has 5 heteroatoms. The summed E-state index contributed by atoms with van der Waals surface area (Å²) < 4.78 is 5.58. The predicted molar refractivity (Wildman–Crippen MR) is 107 cm³/mol. The molecule has 2 aromatic rings. The van der Waals surface area contributed by atoms with Crippen molar-refractivity contribution in [2.45, 2.75) is 77.4 Å². The van der Waals surface area contributed by atoms with E-state index >= 15 is 0 Å². The summed E-state index contributed by atoms with van der Waals surface area (Å²) in [7, 11) is 0. The summed E-state index contributed by atoms with van der Waals surface area (Å²) in [4.78, 5) is 12.7. The molecule has 0 fully saturated rings. The zero-order chi connectivity index (χ0) is 19.9. The topological polar surface area (TPSA) is 67.0 Å². The van der Waals surface area contributed by atoms with E-state index in [9.17, 15) is 4.79 Å². The van der Waals surface area contributed by atoms with Crippen LogP contribution in [0.1, 0.15) is 70.3 Å². The highest BCUT2D eigenvalue weighted by atomic mass is 16.6. The number of fused-ring (bicyclic) bond motifs is 1. The average molecular weight is 370 g/mol. The molecule has 1 aromatic heterocycles. The molecule has 3 rings (SSSR count). The van der Waals surface area contributed by atoms with Gasteiger partial charge in [-0.15, -0.1) is 0 Å². The van der Waals surface area contributed by atoms with Gasteiger partial charge in [-0.05, 0) is 55.7 Å². The monoisotopic (exact) mass is 369 g/mol. The number of hydrogen-bond donors (Lipinski definition) is 2. The van der Waals surface area contributed by atoms with Gasteiger partial charge in [0.2, 0.25) is 0 Å². The summed E-state index contributed by atoms with van der Waals surface area (Å²) in [6.07, 6.45) is 3.83. The summed E-state index contributed by atoms with van der Waals surface area (Å²) in [5.41, 5.74) is 3.69. The number of aryl methyl sites for hydroxylation is 1. The zero-order valence-corrected chi connectivity index (χ0v) is 17.3. The Morgan fingerprint density at radius 1 is 1.22 bits per heavy atom. The summed E-state index contributed by atoms with van der Waals surface area (Å²) in [6, 6.07) is 8.57. The fraction of sp³-hybridized carbons (Fsp3) is 0.545. The SMILES string of the molecule is CC(C)(C)OC(=O)NC1(c2cccc(C(C)(C)C)c2)CCc2[nH]ncc2C1. The summed E-state index contributed by atoms with van der Waals surface area (Å²) in [5, 5.41) is 10.5. The maximum atomic E-state index is 12.7. The van der Waals surface area contributed by atoms with Crippen molar-refractivity contribution in [1.29, 1.82) is 0 Å². The van der Waals surface area contributed by atoms with Crippen LogP contribution in [-0.4, -0.2) is 21.9 Å². The number of amides is 1. The van der Waals surface area contributed by atoms with Gasteiger partial charge in [-0.2, -0.15) is 5.10 Å². The molecule has 146 valence electrons. The van der Waals surface area contributed by atoms with Gasteiger partial charge in [-0.25, -0.2) is 4.79 Å². The number of aromatic nitrogens is 2. The number of aromatic amines is 1. The Kier molecular flexibility index (Phi) is 4.83. The molecule has 0 aliphatic heterocycles. The molecule has 0 bridgehead atoms. The lowest BCUT2D eigenvalue weighted by molar-refractivity contribution is 0.0439. The predicted octanol–water partition coefficient (Wildman–Crippen LogP) is 4.62. The quantitative estimate of drug-likeness (QED) is 0.812. The van der Waals surface area contributed by atoms with Crippen molar-refractivity contribution in [3.63, 3.8) is 0 Å². The van der Waals surface area contributed by atoms with Crippen molar-refractivity contribution in [3.8, 4) is 0 Å². The van der Waals surface area contributed by atoms with Crippen LogP contribution in [0.25, 0.3) is 0 Å². The second-order valence-corrected chi connectivity index (χ2v) is 9.59. The molecule has 1 aliphatic carbocycles. The Labute approximate surface area is 161 Å². The number of nitrogens with one attached hydrogen (secondary N) is 2. The number of benzene rings is 1. The molecule has 1 unspecified atom stereocenters. The Morgan fingerprint density at radius 2 is 1.96 bits per heavy atom. The number of hydrogen-bond acceptors (Lipinski definition) is 3. The number of rotatable bonds is 2. The lowest BCUT2D eigenvalue weighted by atomic mass is 9.74. The molecule has 1 atom stereocenters. The van der Waals surface area contributed by atoms with Crippen molar-refractivity contribution in [1.82, 2.24) is 15.5 Å². The van der Waals surface area contributed by atoms with Crippen LogP contribution in [0.5, 0.6) is 0 Å². The fourth-order valence-electron chi connectivity index (χ4n) is 3.67. The second kappa shape index (κ2) is 6.70. The van der Waals surface area contributed by atoms with E-state index in [1.54, 1.807) is 0 Å². The van der Waals surface area contributed by atoms with Gasteiger partial charge in [0.25, 0.3) is 0 Å². The molecule has 1 aromatic carbocycles. The van der Waals surface area contributed by atoms with Crippen LogP contribution in [-0.2, 0) is 28.5 Å². The maximum absolute atomic E-state index is 12.7. The van der Waals surface area contributed by atoms with Crippen molar-refractivity contribution in [3.05, 3.63) is 52.8 Å². The van der Waals surface area contributed by atoms with E-state index in [2.05, 4.69) is 60.6 Å². The van der Waals surface area contributed by atoms with Crippen molar-refractivity contribution in [2.75, 3.05) is 0 Å². The van der Waals surface area contributed by atoms with Crippen LogP contribution in [0.3, 0.4) is 0 Å². The summed E-state index contributed by atoms with van der Waals surface area (Å²) >= 11 is 0. The van der Waals surface area contributed by atoms with Crippen LogP contribution in [0.2, 0.25) is 0 Å². The Hall–Kier alpha value is -2.30. The number of alkyl carbamates (subject to hydrolysis) is 1. The van der Waals surface area contributed by atoms with Crippen LogP contribution in [0.4, 0.5) is 4.79 Å². The van der Waals surface area contributed by atoms with Crippen molar-refractivity contribution in [2.24, 2.45) is 0 Å². The zero-order valence-electron chi connectivity index (χ0n) is 17.3. The first-order chi connectivity index (χ1) is 12.5. The molecule has 27 heavy (non-hydrogen) atoms. The molecular formula is C22H31N3O2. The van der Waals surface area contributed by atoms with E-state index in [4.69, 9.17) is 4.74 Å². The minimum absolute atomic E-state index is 0.0403. The number of ether oxygens (including phenoxy) is 1. The third kappa shape index (κ3) is 4.34. The molecule has 5 nitrogen and oxygen atoms in total. The van der Waals surface area contributed by atoms with Crippen LogP contribution < -0.4 is 5.32 Å². The van der Waals surface area contributed by atoms with E-state index in [-0.39, 0.29) is 11.5 Å². The smallest absolute Gasteiger partial charge is 0.408 e. The van der Waals surface area contributed by atoms with Gasteiger partial charge in [0.05, 0.1) is 11.7 Å². The average Bonchev–Trinajstić information content (AvgIpc) is 2.99. The number of H-pyrrole nitrogens is 1. The highest BCUT2D eigenvalue weighted by Crippen LogP contribution is 2.37. The summed E-state index contributed by atoms with van der Waals surface area (Å²) in [6.45, 7) is 12.3. The fourth-order valence-corrected chi connectivity index (χ4v) is 3.67. The molecule has 0 radical (unpaired) electrons. The Balaban J connectivity index is 2.00. The highest BCUT2D eigenvalue weighted by Gasteiger charge is 2.40. The number of nitrogens with zero attached hydrogens (tertiary/aromatic N) is 1. The molecule has 2 N–H and O–H groups in total. The minimum Gasteiger partial charge on any atom is -0.444 e. The van der Waals surface area contributed by atoms with Gasteiger partial charge in [0, 0.05) is 12.1 Å². The minimum atomic E-state index is -0.534. The van der Waals surface area contributed by atoms with Crippen molar-refractivity contribution >= 4 is 6.09 Å². The normalized spacial score (nSPS) is 20.1. The Bertz CT molecular complexity index is 827. The van der Waals surface area contributed by atoms with Gasteiger partial charge in [0.15, 0.2) is 0 Å². The molecule has 1 amide bonds. The lowest BCUT2D eigenvalue weighted by Crippen LogP contribution is -2.51. The number of carbonyl (C=O) groups excluding carboxylic acids is 1. The first kappa shape index (κ1) is 19.5. The molecule has 0 saturated carbocycles. The van der Waals surface area contributed by atoms with E-state index in [1.807, 2.05) is 27.0 Å². The molecule has 0 spiro atoms. The first-order valence-electron chi connectivity index (χ1n) is 9.62. The van der Waals surface area contributed by atoms with Gasteiger partial charge < -0.3 is 10.1 Å². The van der Waals surface area contributed by atoms with E-state index in [0.717, 1.165) is 29.7 Å². The maximum Gasteiger partial charge on any atom is 0.408 e. The molecular weight excluding hydrogens is 338 g/mol. The van der Waals surface area contributed by atoms with E-state index in [0.29, 0.717) is 6.42 Å². The third-order valence-corrected chi connectivity index (χ3v) is 5.12. The van der Waals surface area contributed by atoms with E-state index in [1.165, 1.54) is 5.56 Å². The summed E-state index contributed by atoms with van der Waals surface area (Å²) in [5.74, 6) is 0. The van der Waals surface area contributed by atoms with E-state index < -0.39 is 11.1 Å². The van der Waals surface area contributed by atoms with Gasteiger partial charge in [-0.3, -0.25) is 5.10 Å². The molecule has 1 aliphatic rings.